The summed E-state index contributed by atoms with van der Waals surface area (Å²) in [6.07, 6.45) is 3.78. The molecule has 1 aliphatic heterocycles. The van der Waals surface area contributed by atoms with Gasteiger partial charge in [-0.15, -0.1) is 0 Å². The second kappa shape index (κ2) is 4.48. The summed E-state index contributed by atoms with van der Waals surface area (Å²) in [6.45, 7) is 2.64. The molecule has 1 aromatic carbocycles. The Labute approximate surface area is 113 Å². The van der Waals surface area contributed by atoms with Crippen molar-refractivity contribution in [2.24, 2.45) is 11.3 Å². The van der Waals surface area contributed by atoms with Gasteiger partial charge in [-0.05, 0) is 25.3 Å². The largest absolute Gasteiger partial charge is 0.335 e. The molecule has 2 fully saturated rings. The fraction of sp³-hybridized carbons (Fsp3) is 0.500. The number of likely N-dealkylation sites (tertiary alicyclic amines) is 1. The van der Waals surface area contributed by atoms with Crippen LogP contribution in [0.2, 0.25) is 0 Å². The fourth-order valence-corrected chi connectivity index (χ4v) is 3.67. The molecule has 3 nitrogen and oxygen atoms in total. The van der Waals surface area contributed by atoms with E-state index in [9.17, 15) is 9.59 Å². The van der Waals surface area contributed by atoms with Crippen LogP contribution in [0.15, 0.2) is 30.3 Å². The third-order valence-electron chi connectivity index (χ3n) is 4.86. The SMILES string of the molecule is C[C@H](c1ccccc1)N1C[C@]2(C=O)CCC[C@@H]2C1=O. The molecule has 1 saturated carbocycles. The quantitative estimate of drug-likeness (QED) is 0.780. The number of benzene rings is 1. The molecule has 1 amide bonds. The molecule has 19 heavy (non-hydrogen) atoms. The third kappa shape index (κ3) is 1.79. The zero-order chi connectivity index (χ0) is 13.5. The van der Waals surface area contributed by atoms with E-state index in [4.69, 9.17) is 0 Å². The van der Waals surface area contributed by atoms with E-state index >= 15 is 0 Å². The van der Waals surface area contributed by atoms with Crippen molar-refractivity contribution in [3.63, 3.8) is 0 Å². The standard InChI is InChI=1S/C16H19NO2/c1-12(13-6-3-2-4-7-13)17-10-16(11-18)9-5-8-14(16)15(17)19/h2-4,6-7,11-12,14H,5,8-10H2,1H3/t12-,14-,16+/m1/s1. The van der Waals surface area contributed by atoms with Gasteiger partial charge in [0.1, 0.15) is 6.29 Å². The van der Waals surface area contributed by atoms with Gasteiger partial charge >= 0.3 is 0 Å². The van der Waals surface area contributed by atoms with Crippen molar-refractivity contribution >= 4 is 12.2 Å². The van der Waals surface area contributed by atoms with E-state index in [-0.39, 0.29) is 17.9 Å². The van der Waals surface area contributed by atoms with Gasteiger partial charge in [-0.3, -0.25) is 4.79 Å². The zero-order valence-corrected chi connectivity index (χ0v) is 11.2. The van der Waals surface area contributed by atoms with E-state index in [2.05, 4.69) is 0 Å². The summed E-state index contributed by atoms with van der Waals surface area (Å²) in [5.74, 6) is 0.0946. The Bertz CT molecular complexity index is 499. The smallest absolute Gasteiger partial charge is 0.227 e. The molecule has 0 radical (unpaired) electrons. The molecule has 1 aromatic rings. The maximum atomic E-state index is 12.5. The van der Waals surface area contributed by atoms with Crippen LogP contribution in [0.4, 0.5) is 0 Å². The minimum absolute atomic E-state index is 0.0520. The molecule has 100 valence electrons. The minimum Gasteiger partial charge on any atom is -0.335 e. The van der Waals surface area contributed by atoms with Gasteiger partial charge in [0.05, 0.1) is 17.4 Å². The summed E-state index contributed by atoms with van der Waals surface area (Å²) in [6, 6.07) is 10.1. The maximum absolute atomic E-state index is 12.5. The second-order valence-corrected chi connectivity index (χ2v) is 5.85. The molecule has 3 heteroatoms. The Kier molecular flexibility index (Phi) is 2.92. The van der Waals surface area contributed by atoms with Crippen LogP contribution in [0.5, 0.6) is 0 Å². The highest BCUT2D eigenvalue weighted by Gasteiger charge is 2.55. The van der Waals surface area contributed by atoms with E-state index in [1.54, 1.807) is 0 Å². The Balaban J connectivity index is 1.88. The fourth-order valence-electron chi connectivity index (χ4n) is 3.67. The van der Waals surface area contributed by atoms with Gasteiger partial charge in [-0.1, -0.05) is 36.8 Å². The first-order valence-electron chi connectivity index (χ1n) is 7.00. The van der Waals surface area contributed by atoms with Crippen LogP contribution in [-0.2, 0) is 9.59 Å². The van der Waals surface area contributed by atoms with Crippen molar-refractivity contribution < 1.29 is 9.59 Å². The molecular weight excluding hydrogens is 238 g/mol. The van der Waals surface area contributed by atoms with Crippen LogP contribution in [0.25, 0.3) is 0 Å². The Hall–Kier alpha value is -1.64. The highest BCUT2D eigenvalue weighted by Crippen LogP contribution is 2.49. The third-order valence-corrected chi connectivity index (χ3v) is 4.86. The summed E-state index contributed by atoms with van der Waals surface area (Å²) in [5.41, 5.74) is 0.733. The number of aldehydes is 1. The Morgan fingerprint density at radius 1 is 1.37 bits per heavy atom. The van der Waals surface area contributed by atoms with Crippen LogP contribution in [0.3, 0.4) is 0 Å². The second-order valence-electron chi connectivity index (χ2n) is 5.85. The molecule has 1 aliphatic carbocycles. The minimum atomic E-state index is -0.403. The summed E-state index contributed by atoms with van der Waals surface area (Å²) in [5, 5.41) is 0. The van der Waals surface area contributed by atoms with Gasteiger partial charge in [0, 0.05) is 6.54 Å². The average Bonchev–Trinajstić information content (AvgIpc) is 2.98. The molecule has 0 N–H and O–H groups in total. The number of amides is 1. The van der Waals surface area contributed by atoms with Crippen LogP contribution in [-0.4, -0.2) is 23.6 Å². The Morgan fingerprint density at radius 3 is 2.74 bits per heavy atom. The van der Waals surface area contributed by atoms with Gasteiger partial charge in [0.15, 0.2) is 0 Å². The van der Waals surface area contributed by atoms with Crippen molar-refractivity contribution in [2.75, 3.05) is 6.54 Å². The van der Waals surface area contributed by atoms with E-state index in [0.717, 1.165) is 31.1 Å². The number of fused-ring (bicyclic) bond motifs is 1. The summed E-state index contributed by atoms with van der Waals surface area (Å²) >= 11 is 0. The number of carbonyl (C=O) groups is 2. The number of nitrogens with zero attached hydrogens (tertiary/aromatic N) is 1. The maximum Gasteiger partial charge on any atom is 0.227 e. The molecular formula is C16H19NO2. The van der Waals surface area contributed by atoms with Crippen molar-refractivity contribution in [3.05, 3.63) is 35.9 Å². The molecule has 0 unspecified atom stereocenters. The van der Waals surface area contributed by atoms with Crippen LogP contribution in [0, 0.1) is 11.3 Å². The lowest BCUT2D eigenvalue weighted by Gasteiger charge is -2.27. The van der Waals surface area contributed by atoms with Crippen molar-refractivity contribution in [2.45, 2.75) is 32.2 Å². The molecule has 0 aromatic heterocycles. The van der Waals surface area contributed by atoms with Crippen molar-refractivity contribution in [3.8, 4) is 0 Å². The van der Waals surface area contributed by atoms with Crippen LogP contribution < -0.4 is 0 Å². The molecule has 2 aliphatic rings. The first kappa shape index (κ1) is 12.4. The lowest BCUT2D eigenvalue weighted by molar-refractivity contribution is -0.133. The summed E-state index contributed by atoms with van der Waals surface area (Å²) in [7, 11) is 0. The highest BCUT2D eigenvalue weighted by molar-refractivity contribution is 5.88. The van der Waals surface area contributed by atoms with E-state index < -0.39 is 5.41 Å². The summed E-state index contributed by atoms with van der Waals surface area (Å²) < 4.78 is 0. The zero-order valence-electron chi connectivity index (χ0n) is 11.2. The monoisotopic (exact) mass is 257 g/mol. The van der Waals surface area contributed by atoms with Gasteiger partial charge in [-0.25, -0.2) is 0 Å². The molecule has 0 bridgehead atoms. The number of hydrogen-bond acceptors (Lipinski definition) is 2. The van der Waals surface area contributed by atoms with E-state index in [0.29, 0.717) is 6.54 Å². The van der Waals surface area contributed by atoms with Gasteiger partial charge in [0.2, 0.25) is 5.91 Å². The topological polar surface area (TPSA) is 37.4 Å². The lowest BCUT2D eigenvalue weighted by Crippen LogP contribution is -2.31. The van der Waals surface area contributed by atoms with Crippen LogP contribution >= 0.6 is 0 Å². The highest BCUT2D eigenvalue weighted by atomic mass is 16.2. The molecule has 0 spiro atoms. The lowest BCUT2D eigenvalue weighted by atomic mass is 9.82. The molecule has 3 rings (SSSR count). The predicted octanol–water partition coefficient (Wildman–Crippen LogP) is 2.58. The number of rotatable bonds is 3. The predicted molar refractivity (Wildman–Crippen MR) is 72.4 cm³/mol. The van der Waals surface area contributed by atoms with E-state index in [1.165, 1.54) is 0 Å². The van der Waals surface area contributed by atoms with E-state index in [1.807, 2.05) is 42.2 Å². The van der Waals surface area contributed by atoms with Gasteiger partial charge < -0.3 is 9.69 Å². The first-order chi connectivity index (χ1) is 9.18. The first-order valence-corrected chi connectivity index (χ1v) is 7.00. The number of hydrogen-bond donors (Lipinski definition) is 0. The number of carbonyl (C=O) groups excluding carboxylic acids is 2. The van der Waals surface area contributed by atoms with Crippen molar-refractivity contribution in [1.82, 2.24) is 4.90 Å². The molecule has 1 heterocycles. The normalized spacial score (nSPS) is 31.3. The molecule has 3 atom stereocenters. The van der Waals surface area contributed by atoms with Crippen LogP contribution in [0.1, 0.15) is 37.8 Å². The average molecular weight is 257 g/mol. The van der Waals surface area contributed by atoms with Crippen molar-refractivity contribution in [1.29, 1.82) is 0 Å². The van der Waals surface area contributed by atoms with Gasteiger partial charge in [-0.2, -0.15) is 0 Å². The summed E-state index contributed by atoms with van der Waals surface area (Å²) in [4.78, 5) is 25.9. The van der Waals surface area contributed by atoms with Gasteiger partial charge in [0.25, 0.3) is 0 Å². The molecule has 1 saturated heterocycles. The Morgan fingerprint density at radius 2 is 2.11 bits per heavy atom.